The molecular weight excluding hydrogens is 360 g/mol. The highest BCUT2D eigenvalue weighted by Crippen LogP contribution is 2.11. The lowest BCUT2D eigenvalue weighted by Gasteiger charge is -2.27. The van der Waals surface area contributed by atoms with E-state index in [1.165, 1.54) is 7.11 Å². The molecule has 146 valence electrons. The molecule has 25 heavy (non-hydrogen) atoms. The largest absolute Gasteiger partial charge is 0.467 e. The number of ether oxygens (including phenoxy) is 2. The van der Waals surface area contributed by atoms with Gasteiger partial charge in [0.05, 0.1) is 18.1 Å². The molecule has 0 saturated heterocycles. The van der Waals surface area contributed by atoms with Crippen molar-refractivity contribution in [3.63, 3.8) is 0 Å². The fourth-order valence-electron chi connectivity index (χ4n) is 2.05. The van der Waals surface area contributed by atoms with E-state index in [2.05, 4.69) is 10.6 Å². The third-order valence-electron chi connectivity index (χ3n) is 3.13. The van der Waals surface area contributed by atoms with Crippen LogP contribution in [0.4, 0.5) is 4.79 Å². The van der Waals surface area contributed by atoms with Gasteiger partial charge in [-0.15, -0.1) is 0 Å². The van der Waals surface area contributed by atoms with Crippen molar-refractivity contribution in [1.29, 1.82) is 0 Å². The lowest BCUT2D eigenvalue weighted by Crippen LogP contribution is -2.52. The maximum absolute atomic E-state index is 12.1. The van der Waals surface area contributed by atoms with E-state index in [-0.39, 0.29) is 5.97 Å². The maximum Gasteiger partial charge on any atom is 0.408 e. The van der Waals surface area contributed by atoms with Crippen LogP contribution in [-0.2, 0) is 14.3 Å². The van der Waals surface area contributed by atoms with E-state index in [0.717, 1.165) is 5.75 Å². The van der Waals surface area contributed by atoms with Gasteiger partial charge in [0.2, 0.25) is 0 Å². The molecule has 2 N–H and O–H groups in total. The van der Waals surface area contributed by atoms with Gasteiger partial charge in [-0.2, -0.15) is 11.8 Å². The number of nitrogens with one attached hydrogen (secondary N) is 2. The maximum atomic E-state index is 12.1. The van der Waals surface area contributed by atoms with E-state index in [1.807, 2.05) is 20.1 Å². The van der Waals surface area contributed by atoms with Crippen molar-refractivity contribution in [2.45, 2.75) is 65.1 Å². The van der Waals surface area contributed by atoms with Crippen LogP contribution in [0.25, 0.3) is 0 Å². The summed E-state index contributed by atoms with van der Waals surface area (Å²) >= 11 is 7.09. The number of thiocarbonyl (C=S) groups is 1. The number of rotatable bonds is 9. The quantitative estimate of drug-likeness (QED) is 0.461. The molecule has 0 radical (unpaired) electrons. The number of carbonyl (C=O) groups is 2. The topological polar surface area (TPSA) is 76.7 Å². The number of carbonyl (C=O) groups excluding carboxylic acids is 2. The number of thioether (sulfide) groups is 1. The first-order valence-corrected chi connectivity index (χ1v) is 10.2. The number of esters is 1. The summed E-state index contributed by atoms with van der Waals surface area (Å²) in [6.45, 7) is 9.48. The Morgan fingerprint density at radius 3 is 2.20 bits per heavy atom. The second-order valence-electron chi connectivity index (χ2n) is 7.19. The molecule has 0 rings (SSSR count). The van der Waals surface area contributed by atoms with E-state index in [1.54, 1.807) is 32.5 Å². The van der Waals surface area contributed by atoms with E-state index < -0.39 is 23.8 Å². The molecule has 0 aliphatic heterocycles. The van der Waals surface area contributed by atoms with E-state index >= 15 is 0 Å². The summed E-state index contributed by atoms with van der Waals surface area (Å²) in [5, 5.41) is 5.85. The highest BCUT2D eigenvalue weighted by atomic mass is 32.2. The van der Waals surface area contributed by atoms with Gasteiger partial charge in [-0.3, -0.25) is 0 Å². The van der Waals surface area contributed by atoms with Gasteiger partial charge in [0.1, 0.15) is 11.6 Å². The highest BCUT2D eigenvalue weighted by Gasteiger charge is 2.26. The zero-order valence-electron chi connectivity index (χ0n) is 16.3. The first-order valence-electron chi connectivity index (χ1n) is 8.36. The highest BCUT2D eigenvalue weighted by molar-refractivity contribution is 7.98. The van der Waals surface area contributed by atoms with Crippen molar-refractivity contribution in [3.05, 3.63) is 0 Å². The summed E-state index contributed by atoms with van der Waals surface area (Å²) in [6, 6.07) is -0.939. The Hall–Kier alpha value is -1.02. The van der Waals surface area contributed by atoms with Gasteiger partial charge >= 0.3 is 12.1 Å². The molecule has 0 saturated carbocycles. The Bertz CT molecular complexity index is 450. The fourth-order valence-corrected chi connectivity index (χ4v) is 2.82. The predicted octanol–water partition coefficient (Wildman–Crippen LogP) is 3.14. The van der Waals surface area contributed by atoms with Crippen LogP contribution < -0.4 is 10.6 Å². The molecule has 0 spiro atoms. The van der Waals surface area contributed by atoms with Crippen molar-refractivity contribution in [3.8, 4) is 0 Å². The number of methoxy groups -OCH3 is 1. The van der Waals surface area contributed by atoms with Crippen LogP contribution in [0, 0.1) is 5.92 Å². The average Bonchev–Trinajstić information content (AvgIpc) is 2.47. The van der Waals surface area contributed by atoms with Crippen LogP contribution in [0.1, 0.15) is 47.5 Å². The Morgan fingerprint density at radius 2 is 1.76 bits per heavy atom. The van der Waals surface area contributed by atoms with Gasteiger partial charge in [0.25, 0.3) is 0 Å². The minimum absolute atomic E-state index is 0.308. The van der Waals surface area contributed by atoms with E-state index in [9.17, 15) is 9.59 Å². The molecular formula is C17H32N2O4S2. The van der Waals surface area contributed by atoms with Gasteiger partial charge in [-0.05, 0) is 51.5 Å². The van der Waals surface area contributed by atoms with Gasteiger partial charge < -0.3 is 20.1 Å². The van der Waals surface area contributed by atoms with Crippen molar-refractivity contribution in [2.24, 2.45) is 5.92 Å². The van der Waals surface area contributed by atoms with Crippen LogP contribution in [0.2, 0.25) is 0 Å². The molecule has 0 bridgehead atoms. The minimum atomic E-state index is -0.589. The monoisotopic (exact) mass is 392 g/mol. The molecule has 2 atom stereocenters. The second-order valence-corrected chi connectivity index (χ2v) is 8.62. The predicted molar refractivity (Wildman–Crippen MR) is 107 cm³/mol. The summed E-state index contributed by atoms with van der Waals surface area (Å²) in [5.74, 6) is 0.739. The lowest BCUT2D eigenvalue weighted by atomic mass is 10.0. The summed E-state index contributed by atoms with van der Waals surface area (Å²) < 4.78 is 10.1. The van der Waals surface area contributed by atoms with Gasteiger partial charge in [-0.1, -0.05) is 26.1 Å². The third-order valence-corrected chi connectivity index (χ3v) is 4.17. The zero-order chi connectivity index (χ0) is 19.6. The van der Waals surface area contributed by atoms with E-state index in [4.69, 9.17) is 21.7 Å². The SMILES string of the molecule is COC(=O)[C@H](CCSC)NC(=S)[C@@H](CC(C)C)NC(=O)OC(C)(C)C. The molecule has 0 aromatic rings. The number of hydrogen-bond acceptors (Lipinski definition) is 6. The average molecular weight is 393 g/mol. The molecule has 0 fully saturated rings. The number of hydrogen-bond donors (Lipinski definition) is 2. The van der Waals surface area contributed by atoms with Crippen molar-refractivity contribution >= 4 is 41.0 Å². The van der Waals surface area contributed by atoms with Gasteiger partial charge in [-0.25, -0.2) is 9.59 Å². The molecule has 8 heteroatoms. The molecule has 0 unspecified atom stereocenters. The van der Waals surface area contributed by atoms with Crippen molar-refractivity contribution < 1.29 is 19.1 Å². The minimum Gasteiger partial charge on any atom is -0.467 e. The van der Waals surface area contributed by atoms with Crippen LogP contribution >= 0.6 is 24.0 Å². The van der Waals surface area contributed by atoms with Gasteiger partial charge in [0.15, 0.2) is 0 Å². The van der Waals surface area contributed by atoms with Gasteiger partial charge in [0, 0.05) is 0 Å². The van der Waals surface area contributed by atoms with Crippen molar-refractivity contribution in [2.75, 3.05) is 19.1 Å². The summed E-state index contributed by atoms with van der Waals surface area (Å²) in [5.41, 5.74) is -0.589. The molecule has 0 aliphatic carbocycles. The van der Waals surface area contributed by atoms with Crippen LogP contribution in [0.3, 0.4) is 0 Å². The van der Waals surface area contributed by atoms with Crippen LogP contribution in [-0.4, -0.2) is 53.9 Å². The van der Waals surface area contributed by atoms with Crippen LogP contribution in [0.15, 0.2) is 0 Å². The number of amides is 1. The summed E-state index contributed by atoms with van der Waals surface area (Å²) in [6.07, 6.45) is 2.68. The number of alkyl carbamates (subject to hydrolysis) is 1. The Morgan fingerprint density at radius 1 is 1.16 bits per heavy atom. The standard InChI is InChI=1S/C17H32N2O4S2/c1-11(2)10-13(19-16(21)23-17(3,4)5)14(24)18-12(8-9-25-7)15(20)22-6/h11-13H,8-10H2,1-7H3,(H,18,24)(H,19,21)/t12-,13+/m0/s1. The second kappa shape index (κ2) is 11.6. The Kier molecular flexibility index (Phi) is 11.1. The normalized spacial score (nSPS) is 13.8. The Balaban J connectivity index is 5.01. The molecule has 6 nitrogen and oxygen atoms in total. The lowest BCUT2D eigenvalue weighted by molar-refractivity contribution is -0.142. The van der Waals surface area contributed by atoms with Crippen molar-refractivity contribution in [1.82, 2.24) is 10.6 Å². The summed E-state index contributed by atoms with van der Waals surface area (Å²) in [7, 11) is 1.35. The zero-order valence-corrected chi connectivity index (χ0v) is 17.9. The van der Waals surface area contributed by atoms with Crippen LogP contribution in [0.5, 0.6) is 0 Å². The molecule has 0 aliphatic rings. The first-order chi connectivity index (χ1) is 11.5. The fraction of sp³-hybridized carbons (Fsp3) is 0.824. The summed E-state index contributed by atoms with van der Waals surface area (Å²) in [4.78, 5) is 24.4. The molecule has 0 aromatic heterocycles. The van der Waals surface area contributed by atoms with E-state index in [0.29, 0.717) is 23.7 Å². The molecule has 1 amide bonds. The molecule has 0 heterocycles. The first kappa shape index (κ1) is 24.0. The molecule has 0 aromatic carbocycles. The third kappa shape index (κ3) is 11.3. The smallest absolute Gasteiger partial charge is 0.408 e. The Labute approximate surface area is 161 Å².